The number of nitro benzene ring substituents is 1. The van der Waals surface area contributed by atoms with E-state index in [0.717, 1.165) is 0 Å². The van der Waals surface area contributed by atoms with Crippen molar-refractivity contribution in [3.8, 4) is 0 Å². The Kier molecular flexibility index (Phi) is 3.24. The summed E-state index contributed by atoms with van der Waals surface area (Å²) in [7, 11) is 0. The standard InChI is InChI=1S/C10H7ClN4O3/c11-8-2-1-7(3-9(8)15(17)18)14-10(16)6-4-12-13-5-6/h1-5H,(H,12,13)(H,14,16). The number of hydrogen-bond acceptors (Lipinski definition) is 4. The molecule has 0 aliphatic heterocycles. The summed E-state index contributed by atoms with van der Waals surface area (Å²) < 4.78 is 0. The van der Waals surface area contributed by atoms with Gasteiger partial charge in [-0.2, -0.15) is 5.10 Å². The molecule has 0 atom stereocenters. The van der Waals surface area contributed by atoms with Crippen molar-refractivity contribution in [1.29, 1.82) is 0 Å². The molecule has 0 spiro atoms. The zero-order valence-corrected chi connectivity index (χ0v) is 9.64. The van der Waals surface area contributed by atoms with E-state index in [1.165, 1.54) is 30.6 Å². The highest BCUT2D eigenvalue weighted by Gasteiger charge is 2.14. The van der Waals surface area contributed by atoms with Crippen LogP contribution in [0.3, 0.4) is 0 Å². The van der Waals surface area contributed by atoms with Crippen LogP contribution >= 0.6 is 11.6 Å². The van der Waals surface area contributed by atoms with Crippen LogP contribution in [0.5, 0.6) is 0 Å². The predicted molar refractivity (Wildman–Crippen MR) is 64.6 cm³/mol. The second kappa shape index (κ2) is 4.84. The van der Waals surface area contributed by atoms with Gasteiger partial charge in [-0.1, -0.05) is 11.6 Å². The molecule has 1 aromatic heterocycles. The summed E-state index contributed by atoms with van der Waals surface area (Å²) >= 11 is 5.66. The lowest BCUT2D eigenvalue weighted by molar-refractivity contribution is -0.384. The third-order valence-electron chi connectivity index (χ3n) is 2.16. The normalized spacial score (nSPS) is 10.1. The highest BCUT2D eigenvalue weighted by molar-refractivity contribution is 6.32. The maximum absolute atomic E-state index is 11.7. The van der Waals surface area contributed by atoms with Crippen LogP contribution in [0.1, 0.15) is 10.4 Å². The number of aromatic nitrogens is 2. The molecule has 0 unspecified atom stereocenters. The van der Waals surface area contributed by atoms with Crippen LogP contribution in [0, 0.1) is 10.1 Å². The fourth-order valence-corrected chi connectivity index (χ4v) is 1.50. The molecule has 0 bridgehead atoms. The van der Waals surface area contributed by atoms with Crippen LogP contribution in [0.2, 0.25) is 5.02 Å². The van der Waals surface area contributed by atoms with Gasteiger partial charge in [0.1, 0.15) is 5.02 Å². The SMILES string of the molecule is O=C(Nc1ccc(Cl)c([N+](=O)[O-])c1)c1cn[nH]c1. The number of hydrogen-bond donors (Lipinski definition) is 2. The van der Waals surface area contributed by atoms with E-state index in [4.69, 9.17) is 11.6 Å². The molecule has 0 saturated carbocycles. The second-order valence-corrected chi connectivity index (χ2v) is 3.77. The Labute approximate surface area is 106 Å². The first-order valence-corrected chi connectivity index (χ1v) is 5.20. The van der Waals surface area contributed by atoms with E-state index in [1.54, 1.807) is 0 Å². The fraction of sp³-hybridized carbons (Fsp3) is 0. The molecule has 18 heavy (non-hydrogen) atoms. The lowest BCUT2D eigenvalue weighted by Gasteiger charge is -2.03. The first-order chi connectivity index (χ1) is 8.58. The molecule has 0 aliphatic carbocycles. The zero-order valence-electron chi connectivity index (χ0n) is 8.88. The number of nitro groups is 1. The number of benzene rings is 1. The number of nitrogens with zero attached hydrogens (tertiary/aromatic N) is 2. The number of halogens is 1. The quantitative estimate of drug-likeness (QED) is 0.657. The number of H-pyrrole nitrogens is 1. The molecule has 0 fully saturated rings. The monoisotopic (exact) mass is 266 g/mol. The zero-order chi connectivity index (χ0) is 13.1. The van der Waals surface area contributed by atoms with Gasteiger partial charge in [-0.25, -0.2) is 0 Å². The summed E-state index contributed by atoms with van der Waals surface area (Å²) in [6.07, 6.45) is 2.76. The number of amides is 1. The summed E-state index contributed by atoms with van der Waals surface area (Å²) in [4.78, 5) is 21.7. The van der Waals surface area contributed by atoms with E-state index in [0.29, 0.717) is 5.56 Å². The van der Waals surface area contributed by atoms with Crippen molar-refractivity contribution < 1.29 is 9.72 Å². The minimum Gasteiger partial charge on any atom is -0.322 e. The molecule has 8 heteroatoms. The Morgan fingerprint density at radius 3 is 2.89 bits per heavy atom. The summed E-state index contributed by atoms with van der Waals surface area (Å²) in [5.74, 6) is -0.416. The van der Waals surface area contributed by atoms with E-state index in [9.17, 15) is 14.9 Å². The van der Waals surface area contributed by atoms with E-state index in [-0.39, 0.29) is 16.4 Å². The van der Waals surface area contributed by atoms with Crippen LogP contribution in [-0.2, 0) is 0 Å². The first kappa shape index (κ1) is 12.1. The average molecular weight is 267 g/mol. The molecule has 2 rings (SSSR count). The Balaban J connectivity index is 2.22. The minimum atomic E-state index is -0.615. The number of aromatic amines is 1. The van der Waals surface area contributed by atoms with Gasteiger partial charge in [0.25, 0.3) is 11.6 Å². The molecular formula is C10H7ClN4O3. The molecule has 1 aromatic carbocycles. The van der Waals surface area contributed by atoms with Crippen molar-refractivity contribution in [2.45, 2.75) is 0 Å². The van der Waals surface area contributed by atoms with Crippen molar-refractivity contribution in [3.05, 3.63) is 51.3 Å². The number of carbonyl (C=O) groups is 1. The molecule has 92 valence electrons. The second-order valence-electron chi connectivity index (χ2n) is 3.36. The van der Waals surface area contributed by atoms with E-state index < -0.39 is 10.8 Å². The first-order valence-electron chi connectivity index (χ1n) is 4.82. The highest BCUT2D eigenvalue weighted by atomic mass is 35.5. The lowest BCUT2D eigenvalue weighted by Crippen LogP contribution is -2.11. The van der Waals surface area contributed by atoms with Gasteiger partial charge >= 0.3 is 0 Å². The van der Waals surface area contributed by atoms with E-state index in [2.05, 4.69) is 15.5 Å². The van der Waals surface area contributed by atoms with Gasteiger partial charge in [0.15, 0.2) is 0 Å². The van der Waals surface area contributed by atoms with Crippen molar-refractivity contribution in [1.82, 2.24) is 10.2 Å². The molecule has 0 saturated heterocycles. The van der Waals surface area contributed by atoms with Crippen molar-refractivity contribution in [3.63, 3.8) is 0 Å². The van der Waals surface area contributed by atoms with Gasteiger partial charge in [0, 0.05) is 18.0 Å². The van der Waals surface area contributed by atoms with Crippen LogP contribution < -0.4 is 5.32 Å². The summed E-state index contributed by atoms with van der Waals surface area (Å²) in [5, 5.41) is 19.3. The summed E-state index contributed by atoms with van der Waals surface area (Å²) in [6.45, 7) is 0. The van der Waals surface area contributed by atoms with Crippen molar-refractivity contribution in [2.75, 3.05) is 5.32 Å². The van der Waals surface area contributed by atoms with Crippen LogP contribution in [0.15, 0.2) is 30.6 Å². The van der Waals surface area contributed by atoms with Gasteiger partial charge in [-0.15, -0.1) is 0 Å². The summed E-state index contributed by atoms with van der Waals surface area (Å²) in [6, 6.07) is 4.03. The predicted octanol–water partition coefficient (Wildman–Crippen LogP) is 2.22. The molecule has 1 heterocycles. The number of anilines is 1. The maximum atomic E-state index is 11.7. The molecule has 2 N–H and O–H groups in total. The third-order valence-corrected chi connectivity index (χ3v) is 2.48. The Morgan fingerprint density at radius 1 is 1.50 bits per heavy atom. The molecule has 0 radical (unpaired) electrons. The van der Waals surface area contributed by atoms with Crippen molar-refractivity contribution >= 4 is 28.9 Å². The van der Waals surface area contributed by atoms with E-state index >= 15 is 0 Å². The van der Waals surface area contributed by atoms with Gasteiger partial charge in [0.2, 0.25) is 0 Å². The smallest absolute Gasteiger partial charge is 0.289 e. The van der Waals surface area contributed by atoms with Gasteiger partial charge in [-0.05, 0) is 12.1 Å². The summed E-state index contributed by atoms with van der Waals surface area (Å²) in [5.41, 5.74) is 0.353. The number of rotatable bonds is 3. The van der Waals surface area contributed by atoms with E-state index in [1.807, 2.05) is 0 Å². The Bertz CT molecular complexity index is 597. The van der Waals surface area contributed by atoms with Crippen LogP contribution in [0.25, 0.3) is 0 Å². The average Bonchev–Trinajstić information content (AvgIpc) is 2.85. The van der Waals surface area contributed by atoms with Crippen LogP contribution in [-0.4, -0.2) is 21.0 Å². The largest absolute Gasteiger partial charge is 0.322 e. The fourth-order valence-electron chi connectivity index (χ4n) is 1.31. The molecule has 7 nitrogen and oxygen atoms in total. The highest BCUT2D eigenvalue weighted by Crippen LogP contribution is 2.27. The number of carbonyl (C=O) groups excluding carboxylic acids is 1. The maximum Gasteiger partial charge on any atom is 0.289 e. The van der Waals surface area contributed by atoms with Gasteiger partial charge < -0.3 is 5.32 Å². The Morgan fingerprint density at radius 2 is 2.28 bits per heavy atom. The minimum absolute atomic E-state index is 0.0151. The molecule has 2 aromatic rings. The lowest BCUT2D eigenvalue weighted by atomic mass is 10.2. The number of nitrogens with one attached hydrogen (secondary N) is 2. The van der Waals surface area contributed by atoms with Crippen molar-refractivity contribution in [2.24, 2.45) is 0 Å². The van der Waals surface area contributed by atoms with Gasteiger partial charge in [0.05, 0.1) is 16.7 Å². The molecule has 1 amide bonds. The van der Waals surface area contributed by atoms with Gasteiger partial charge in [-0.3, -0.25) is 20.0 Å². The third kappa shape index (κ3) is 2.46. The van der Waals surface area contributed by atoms with Crippen LogP contribution in [0.4, 0.5) is 11.4 Å². The molecule has 0 aliphatic rings. The molecular weight excluding hydrogens is 260 g/mol. The Hall–Kier alpha value is -2.41. The topological polar surface area (TPSA) is 101 Å².